The summed E-state index contributed by atoms with van der Waals surface area (Å²) in [6.45, 7) is 7.43. The first-order chi connectivity index (χ1) is 7.38. The van der Waals surface area contributed by atoms with Gasteiger partial charge in [-0.3, -0.25) is 5.10 Å². The Kier molecular flexibility index (Phi) is 4.27. The number of aromatic nitrogens is 3. The van der Waals surface area contributed by atoms with E-state index in [9.17, 15) is 0 Å². The Balaban J connectivity index is 2.96. The van der Waals surface area contributed by atoms with Crippen LogP contribution < -0.4 is 0 Å². The Morgan fingerprint density at radius 2 is 2.06 bits per heavy atom. The van der Waals surface area contributed by atoms with Gasteiger partial charge in [-0.2, -0.15) is 5.10 Å². The molecular weight excluding hydrogens is 220 g/mol. The SMILES string of the molecule is CCCc1n[nH]c(=S)n1CC(C)(C)N(C)C. The van der Waals surface area contributed by atoms with Gasteiger partial charge in [-0.05, 0) is 46.6 Å². The molecule has 1 rings (SSSR count). The number of hydrogen-bond acceptors (Lipinski definition) is 3. The normalized spacial score (nSPS) is 12.4. The molecule has 0 radical (unpaired) electrons. The van der Waals surface area contributed by atoms with Gasteiger partial charge in [-0.1, -0.05) is 6.92 Å². The van der Waals surface area contributed by atoms with Gasteiger partial charge in [-0.25, -0.2) is 0 Å². The number of nitrogens with zero attached hydrogens (tertiary/aromatic N) is 3. The molecule has 4 nitrogen and oxygen atoms in total. The van der Waals surface area contributed by atoms with Gasteiger partial charge < -0.3 is 9.47 Å². The van der Waals surface area contributed by atoms with E-state index < -0.39 is 0 Å². The minimum Gasteiger partial charge on any atom is -0.302 e. The summed E-state index contributed by atoms with van der Waals surface area (Å²) in [5.74, 6) is 1.06. The molecule has 0 aromatic carbocycles. The summed E-state index contributed by atoms with van der Waals surface area (Å²) in [6, 6.07) is 0. The maximum absolute atomic E-state index is 5.27. The lowest BCUT2D eigenvalue weighted by molar-refractivity contribution is 0.167. The summed E-state index contributed by atoms with van der Waals surface area (Å²) in [5.41, 5.74) is 0.0740. The van der Waals surface area contributed by atoms with Gasteiger partial charge in [0.2, 0.25) is 0 Å². The van der Waals surface area contributed by atoms with E-state index in [-0.39, 0.29) is 5.54 Å². The van der Waals surface area contributed by atoms with Crippen molar-refractivity contribution in [2.75, 3.05) is 14.1 Å². The summed E-state index contributed by atoms with van der Waals surface area (Å²) >= 11 is 5.27. The van der Waals surface area contributed by atoms with Gasteiger partial charge in [0.1, 0.15) is 5.82 Å². The van der Waals surface area contributed by atoms with Crippen molar-refractivity contribution in [3.8, 4) is 0 Å². The molecule has 16 heavy (non-hydrogen) atoms. The molecule has 1 N–H and O–H groups in total. The van der Waals surface area contributed by atoms with Crippen molar-refractivity contribution in [2.45, 2.75) is 45.7 Å². The number of hydrogen-bond donors (Lipinski definition) is 1. The quantitative estimate of drug-likeness (QED) is 0.805. The van der Waals surface area contributed by atoms with E-state index in [1.54, 1.807) is 0 Å². The van der Waals surface area contributed by atoms with Crippen molar-refractivity contribution in [3.05, 3.63) is 10.6 Å². The van der Waals surface area contributed by atoms with Gasteiger partial charge in [0, 0.05) is 18.5 Å². The molecule has 0 bridgehead atoms. The topological polar surface area (TPSA) is 36.9 Å². The third-order valence-electron chi connectivity index (χ3n) is 3.07. The minimum absolute atomic E-state index is 0.0740. The second-order valence-electron chi connectivity index (χ2n) is 4.99. The first-order valence-corrected chi connectivity index (χ1v) is 6.11. The number of nitrogens with one attached hydrogen (secondary N) is 1. The zero-order valence-corrected chi connectivity index (χ0v) is 11.7. The van der Waals surface area contributed by atoms with Crippen LogP contribution in [0.5, 0.6) is 0 Å². The Hall–Kier alpha value is -0.680. The number of aromatic amines is 1. The highest BCUT2D eigenvalue weighted by atomic mass is 32.1. The van der Waals surface area contributed by atoms with Crippen LogP contribution in [0.25, 0.3) is 0 Å². The fourth-order valence-electron chi connectivity index (χ4n) is 1.46. The highest BCUT2D eigenvalue weighted by Crippen LogP contribution is 2.15. The predicted molar refractivity (Wildman–Crippen MR) is 69.2 cm³/mol. The van der Waals surface area contributed by atoms with Crippen molar-refractivity contribution < 1.29 is 0 Å². The molecule has 1 aromatic heterocycles. The number of rotatable bonds is 5. The van der Waals surface area contributed by atoms with Gasteiger partial charge in [0.15, 0.2) is 4.77 Å². The van der Waals surface area contributed by atoms with Crippen LogP contribution in [0.2, 0.25) is 0 Å². The van der Waals surface area contributed by atoms with E-state index in [2.05, 4.69) is 54.5 Å². The lowest BCUT2D eigenvalue weighted by Gasteiger charge is -2.33. The van der Waals surface area contributed by atoms with Gasteiger partial charge >= 0.3 is 0 Å². The van der Waals surface area contributed by atoms with E-state index in [4.69, 9.17) is 12.2 Å². The first kappa shape index (κ1) is 13.4. The zero-order chi connectivity index (χ0) is 12.3. The fourth-order valence-corrected chi connectivity index (χ4v) is 1.67. The maximum atomic E-state index is 5.27. The van der Waals surface area contributed by atoms with Crippen LogP contribution in [-0.2, 0) is 13.0 Å². The molecule has 0 atom stereocenters. The van der Waals surface area contributed by atoms with Crippen LogP contribution in [0.4, 0.5) is 0 Å². The summed E-state index contributed by atoms with van der Waals surface area (Å²) in [7, 11) is 4.17. The van der Waals surface area contributed by atoms with Crippen LogP contribution in [0.15, 0.2) is 0 Å². The van der Waals surface area contributed by atoms with Crippen molar-refractivity contribution in [1.82, 2.24) is 19.7 Å². The molecule has 0 unspecified atom stereocenters. The average molecular weight is 242 g/mol. The second kappa shape index (κ2) is 5.10. The lowest BCUT2D eigenvalue weighted by Crippen LogP contribution is -2.42. The smallest absolute Gasteiger partial charge is 0.195 e. The van der Waals surface area contributed by atoms with Crippen molar-refractivity contribution in [2.24, 2.45) is 0 Å². The highest BCUT2D eigenvalue weighted by Gasteiger charge is 2.22. The van der Waals surface area contributed by atoms with E-state index in [1.165, 1.54) is 0 Å². The summed E-state index contributed by atoms with van der Waals surface area (Å²) in [5, 5.41) is 7.16. The van der Waals surface area contributed by atoms with Gasteiger partial charge in [-0.15, -0.1) is 0 Å². The van der Waals surface area contributed by atoms with Crippen molar-refractivity contribution >= 4 is 12.2 Å². The third-order valence-corrected chi connectivity index (χ3v) is 3.38. The largest absolute Gasteiger partial charge is 0.302 e. The monoisotopic (exact) mass is 242 g/mol. The Morgan fingerprint density at radius 3 is 2.56 bits per heavy atom. The molecule has 0 amide bonds. The molecule has 0 aliphatic rings. The molecule has 1 aromatic rings. The molecule has 5 heteroatoms. The molecule has 0 aliphatic heterocycles. The van der Waals surface area contributed by atoms with Crippen LogP contribution in [0, 0.1) is 4.77 Å². The molecule has 0 spiro atoms. The highest BCUT2D eigenvalue weighted by molar-refractivity contribution is 7.71. The van der Waals surface area contributed by atoms with Crippen molar-refractivity contribution in [3.63, 3.8) is 0 Å². The number of aryl methyl sites for hydroxylation is 1. The third kappa shape index (κ3) is 2.92. The standard InChI is InChI=1S/C11H22N4S/c1-6-7-9-12-13-10(16)15(9)8-11(2,3)14(4)5/h6-8H2,1-5H3,(H,13,16). The predicted octanol–water partition coefficient (Wildman–Crippen LogP) is 2.23. The van der Waals surface area contributed by atoms with E-state index in [0.717, 1.165) is 30.0 Å². The molecule has 0 saturated heterocycles. The molecule has 0 aliphatic carbocycles. The average Bonchev–Trinajstić information content (AvgIpc) is 2.50. The minimum atomic E-state index is 0.0740. The summed E-state index contributed by atoms with van der Waals surface area (Å²) < 4.78 is 2.83. The maximum Gasteiger partial charge on any atom is 0.195 e. The molecule has 0 saturated carbocycles. The Morgan fingerprint density at radius 1 is 1.44 bits per heavy atom. The van der Waals surface area contributed by atoms with E-state index in [0.29, 0.717) is 0 Å². The summed E-state index contributed by atoms with van der Waals surface area (Å²) in [4.78, 5) is 2.21. The molecular formula is C11H22N4S. The fraction of sp³-hybridized carbons (Fsp3) is 0.818. The molecule has 0 fully saturated rings. The lowest BCUT2D eigenvalue weighted by atomic mass is 10.0. The van der Waals surface area contributed by atoms with Crippen molar-refractivity contribution in [1.29, 1.82) is 0 Å². The Labute approximate surface area is 103 Å². The zero-order valence-electron chi connectivity index (χ0n) is 10.9. The number of likely N-dealkylation sites (N-methyl/N-ethyl adjacent to an activating group) is 1. The van der Waals surface area contributed by atoms with Crippen LogP contribution in [-0.4, -0.2) is 39.3 Å². The second-order valence-corrected chi connectivity index (χ2v) is 5.37. The number of H-pyrrole nitrogens is 1. The van der Waals surface area contributed by atoms with Crippen LogP contribution in [0.1, 0.15) is 33.0 Å². The summed E-state index contributed by atoms with van der Waals surface area (Å²) in [6.07, 6.45) is 2.05. The van der Waals surface area contributed by atoms with Gasteiger partial charge in [0.05, 0.1) is 0 Å². The molecule has 92 valence electrons. The van der Waals surface area contributed by atoms with Gasteiger partial charge in [0.25, 0.3) is 0 Å². The van der Waals surface area contributed by atoms with E-state index in [1.807, 2.05) is 0 Å². The Bertz CT molecular complexity index is 389. The van der Waals surface area contributed by atoms with Crippen LogP contribution in [0.3, 0.4) is 0 Å². The molecule has 1 heterocycles. The van der Waals surface area contributed by atoms with E-state index >= 15 is 0 Å². The first-order valence-electron chi connectivity index (χ1n) is 5.70. The van der Waals surface area contributed by atoms with Crippen LogP contribution >= 0.6 is 12.2 Å².